The Balaban J connectivity index is 2.54. The summed E-state index contributed by atoms with van der Waals surface area (Å²) < 4.78 is 1.88. The Bertz CT molecular complexity index is 368. The van der Waals surface area contributed by atoms with E-state index in [1.54, 1.807) is 0 Å². The SMILES string of the molecule is CC(C)CC(C)N(C)CC(=O)c1cccn1C. The van der Waals surface area contributed by atoms with Crippen LogP contribution in [0.5, 0.6) is 0 Å². The zero-order valence-corrected chi connectivity index (χ0v) is 11.6. The molecule has 17 heavy (non-hydrogen) atoms. The fourth-order valence-corrected chi connectivity index (χ4v) is 2.08. The summed E-state index contributed by atoms with van der Waals surface area (Å²) in [6.45, 7) is 7.09. The van der Waals surface area contributed by atoms with E-state index in [2.05, 4.69) is 25.7 Å². The van der Waals surface area contributed by atoms with Gasteiger partial charge in [0, 0.05) is 19.3 Å². The minimum absolute atomic E-state index is 0.190. The van der Waals surface area contributed by atoms with Crippen LogP contribution in [0, 0.1) is 5.92 Å². The van der Waals surface area contributed by atoms with Crippen molar-refractivity contribution in [1.82, 2.24) is 9.47 Å². The average Bonchev–Trinajstić information content (AvgIpc) is 2.63. The summed E-state index contributed by atoms with van der Waals surface area (Å²) in [5, 5.41) is 0. The van der Waals surface area contributed by atoms with E-state index in [-0.39, 0.29) is 5.78 Å². The Labute approximate surface area is 104 Å². The van der Waals surface area contributed by atoms with E-state index in [0.29, 0.717) is 18.5 Å². The van der Waals surface area contributed by atoms with E-state index in [0.717, 1.165) is 12.1 Å². The molecule has 3 nitrogen and oxygen atoms in total. The molecule has 0 aliphatic rings. The Hall–Kier alpha value is -1.09. The molecule has 0 N–H and O–H groups in total. The van der Waals surface area contributed by atoms with Crippen molar-refractivity contribution in [3.05, 3.63) is 24.0 Å². The Kier molecular flexibility index (Phi) is 4.94. The van der Waals surface area contributed by atoms with Crippen molar-refractivity contribution >= 4 is 5.78 Å². The van der Waals surface area contributed by atoms with E-state index in [1.807, 2.05) is 37.0 Å². The molecule has 0 aromatic carbocycles. The molecule has 96 valence electrons. The summed E-state index contributed by atoms with van der Waals surface area (Å²) in [7, 11) is 3.93. The van der Waals surface area contributed by atoms with E-state index in [1.165, 1.54) is 0 Å². The van der Waals surface area contributed by atoms with Crippen LogP contribution in [-0.2, 0) is 7.05 Å². The lowest BCUT2D eigenvalue weighted by molar-refractivity contribution is 0.0908. The van der Waals surface area contributed by atoms with Crippen molar-refractivity contribution in [3.63, 3.8) is 0 Å². The summed E-state index contributed by atoms with van der Waals surface area (Å²) in [5.41, 5.74) is 0.786. The molecule has 0 fully saturated rings. The number of nitrogens with zero attached hydrogens (tertiary/aromatic N) is 2. The van der Waals surface area contributed by atoms with E-state index in [9.17, 15) is 4.79 Å². The van der Waals surface area contributed by atoms with Crippen molar-refractivity contribution in [3.8, 4) is 0 Å². The number of Topliss-reactive ketones (excluding diaryl/α,β-unsaturated/α-hetero) is 1. The van der Waals surface area contributed by atoms with Crippen LogP contribution in [0.2, 0.25) is 0 Å². The smallest absolute Gasteiger partial charge is 0.193 e. The highest BCUT2D eigenvalue weighted by atomic mass is 16.1. The number of aromatic nitrogens is 1. The van der Waals surface area contributed by atoms with Gasteiger partial charge in [0.2, 0.25) is 0 Å². The highest BCUT2D eigenvalue weighted by Crippen LogP contribution is 2.10. The molecule has 0 aliphatic carbocycles. The summed E-state index contributed by atoms with van der Waals surface area (Å²) >= 11 is 0. The number of carbonyl (C=O) groups is 1. The molecule has 0 aliphatic heterocycles. The predicted molar refractivity (Wildman–Crippen MR) is 71.3 cm³/mol. The van der Waals surface area contributed by atoms with Crippen LogP contribution in [0.1, 0.15) is 37.7 Å². The van der Waals surface area contributed by atoms with Crippen LogP contribution < -0.4 is 0 Å². The van der Waals surface area contributed by atoms with Crippen molar-refractivity contribution in [2.75, 3.05) is 13.6 Å². The highest BCUT2D eigenvalue weighted by molar-refractivity contribution is 5.96. The highest BCUT2D eigenvalue weighted by Gasteiger charge is 2.16. The zero-order chi connectivity index (χ0) is 13.0. The Morgan fingerprint density at radius 3 is 2.53 bits per heavy atom. The maximum absolute atomic E-state index is 12.1. The molecule has 1 atom stereocenters. The molecule has 0 radical (unpaired) electrons. The van der Waals surface area contributed by atoms with Crippen LogP contribution in [-0.4, -0.2) is 34.9 Å². The lowest BCUT2D eigenvalue weighted by Crippen LogP contribution is -2.35. The number of aryl methyl sites for hydroxylation is 1. The number of rotatable bonds is 6. The number of carbonyl (C=O) groups excluding carboxylic acids is 1. The monoisotopic (exact) mass is 236 g/mol. The minimum Gasteiger partial charge on any atom is -0.348 e. The van der Waals surface area contributed by atoms with Crippen LogP contribution in [0.3, 0.4) is 0 Å². The summed E-state index contributed by atoms with van der Waals surface area (Å²) in [4.78, 5) is 14.2. The molecule has 1 aromatic heterocycles. The summed E-state index contributed by atoms with van der Waals surface area (Å²) in [6.07, 6.45) is 3.03. The van der Waals surface area contributed by atoms with Crippen molar-refractivity contribution < 1.29 is 4.79 Å². The van der Waals surface area contributed by atoms with Crippen molar-refractivity contribution in [2.45, 2.75) is 33.2 Å². The molecular formula is C14H24N2O. The largest absolute Gasteiger partial charge is 0.348 e. The first-order valence-corrected chi connectivity index (χ1v) is 6.26. The molecule has 1 aromatic rings. The predicted octanol–water partition coefficient (Wildman–Crippen LogP) is 2.57. The van der Waals surface area contributed by atoms with Gasteiger partial charge in [-0.25, -0.2) is 0 Å². The number of likely N-dealkylation sites (N-methyl/N-ethyl adjacent to an activating group) is 1. The minimum atomic E-state index is 0.190. The first-order valence-electron chi connectivity index (χ1n) is 6.26. The second-order valence-corrected chi connectivity index (χ2v) is 5.32. The maximum Gasteiger partial charge on any atom is 0.193 e. The number of hydrogen-bond donors (Lipinski definition) is 0. The third kappa shape index (κ3) is 4.00. The van der Waals surface area contributed by atoms with Gasteiger partial charge in [0.05, 0.1) is 12.2 Å². The van der Waals surface area contributed by atoms with Crippen LogP contribution in [0.4, 0.5) is 0 Å². The average molecular weight is 236 g/mol. The normalized spacial score (nSPS) is 13.4. The van der Waals surface area contributed by atoms with Crippen molar-refractivity contribution in [2.24, 2.45) is 13.0 Å². The second kappa shape index (κ2) is 6.01. The van der Waals surface area contributed by atoms with E-state index in [4.69, 9.17) is 0 Å². The molecule has 0 saturated heterocycles. The maximum atomic E-state index is 12.1. The molecule has 1 rings (SSSR count). The molecule has 0 amide bonds. The Morgan fingerprint density at radius 2 is 2.06 bits per heavy atom. The zero-order valence-electron chi connectivity index (χ0n) is 11.6. The standard InChI is InChI=1S/C14H24N2O/c1-11(2)9-12(3)16(5)10-14(17)13-7-6-8-15(13)4/h6-8,11-12H,9-10H2,1-5H3. The number of ketones is 1. The number of hydrogen-bond acceptors (Lipinski definition) is 2. The van der Waals surface area contributed by atoms with E-state index >= 15 is 0 Å². The molecule has 0 saturated carbocycles. The fraction of sp³-hybridized carbons (Fsp3) is 0.643. The quantitative estimate of drug-likeness (QED) is 0.709. The Morgan fingerprint density at radius 1 is 1.41 bits per heavy atom. The van der Waals surface area contributed by atoms with Crippen LogP contribution >= 0.6 is 0 Å². The van der Waals surface area contributed by atoms with Gasteiger partial charge in [0.15, 0.2) is 5.78 Å². The lowest BCUT2D eigenvalue weighted by Gasteiger charge is -2.25. The third-order valence-corrected chi connectivity index (χ3v) is 3.19. The van der Waals surface area contributed by atoms with Crippen LogP contribution in [0.25, 0.3) is 0 Å². The second-order valence-electron chi connectivity index (χ2n) is 5.32. The van der Waals surface area contributed by atoms with Gasteiger partial charge in [-0.2, -0.15) is 0 Å². The first kappa shape index (κ1) is 14.0. The van der Waals surface area contributed by atoms with Gasteiger partial charge in [-0.3, -0.25) is 9.69 Å². The van der Waals surface area contributed by atoms with Gasteiger partial charge in [0.25, 0.3) is 0 Å². The lowest BCUT2D eigenvalue weighted by atomic mass is 10.0. The van der Waals surface area contributed by atoms with Gasteiger partial charge >= 0.3 is 0 Å². The molecule has 3 heteroatoms. The summed E-state index contributed by atoms with van der Waals surface area (Å²) in [6, 6.07) is 4.23. The van der Waals surface area contributed by atoms with Crippen molar-refractivity contribution in [1.29, 1.82) is 0 Å². The molecule has 0 bridgehead atoms. The van der Waals surface area contributed by atoms with Gasteiger partial charge in [-0.1, -0.05) is 13.8 Å². The molecule has 0 spiro atoms. The van der Waals surface area contributed by atoms with Gasteiger partial charge in [-0.05, 0) is 38.4 Å². The molecule has 1 unspecified atom stereocenters. The fourth-order valence-electron chi connectivity index (χ4n) is 2.08. The summed E-state index contributed by atoms with van der Waals surface area (Å²) in [5.74, 6) is 0.855. The first-order chi connectivity index (χ1) is 7.91. The third-order valence-electron chi connectivity index (χ3n) is 3.19. The van der Waals surface area contributed by atoms with Crippen LogP contribution in [0.15, 0.2) is 18.3 Å². The van der Waals surface area contributed by atoms with Gasteiger partial charge < -0.3 is 4.57 Å². The van der Waals surface area contributed by atoms with Gasteiger partial charge in [-0.15, -0.1) is 0 Å². The van der Waals surface area contributed by atoms with E-state index < -0.39 is 0 Å². The molecular weight excluding hydrogens is 212 g/mol. The topological polar surface area (TPSA) is 25.2 Å². The molecule has 1 heterocycles. The van der Waals surface area contributed by atoms with Gasteiger partial charge in [0.1, 0.15) is 0 Å².